The molecule has 0 saturated heterocycles. The van der Waals surface area contributed by atoms with Crippen LogP contribution in [0.4, 0.5) is 0 Å². The van der Waals surface area contributed by atoms with Gasteiger partial charge in [-0.15, -0.1) is 0 Å². The van der Waals surface area contributed by atoms with E-state index in [1.807, 2.05) is 0 Å². The predicted molar refractivity (Wildman–Crippen MR) is 22.4 cm³/mol. The number of rotatable bonds is 2. The molecule has 0 unspecified atom stereocenters. The van der Waals surface area contributed by atoms with Gasteiger partial charge in [0.2, 0.25) is 6.29 Å². The van der Waals surface area contributed by atoms with Gasteiger partial charge in [0.15, 0.2) is 0 Å². The first kappa shape index (κ1) is 6.59. The molecule has 3 nitrogen and oxygen atoms in total. The molecule has 0 bridgehead atoms. The first-order chi connectivity index (χ1) is 3.13. The normalized spacial score (nSPS) is 9.71. The smallest absolute Gasteiger partial charge is 0.225 e. The van der Waals surface area contributed by atoms with Crippen molar-refractivity contribution in [2.24, 2.45) is 0 Å². The minimum Gasteiger partial charge on any atom is -0.361 e. The van der Waals surface area contributed by atoms with Gasteiger partial charge in [-0.3, -0.25) is 4.79 Å². The summed E-state index contributed by atoms with van der Waals surface area (Å²) in [4.78, 5) is 9.91. The van der Waals surface area contributed by atoms with Crippen molar-refractivity contribution in [2.45, 2.75) is 13.3 Å². The fraction of sp³-hybridized carbons (Fsp3) is 0.500. The fourth-order valence-corrected chi connectivity index (χ4v) is 0.223. The summed E-state index contributed by atoms with van der Waals surface area (Å²) in [5.41, 5.74) is 0. The Morgan fingerprint density at radius 3 is 2.00 bits per heavy atom. The largest absolute Gasteiger partial charge is 0.361 e. The van der Waals surface area contributed by atoms with E-state index < -0.39 is 6.29 Å². The van der Waals surface area contributed by atoms with Gasteiger partial charge in [-0.25, -0.2) is 0 Å². The molecule has 0 aliphatic heterocycles. The van der Waals surface area contributed by atoms with Crippen LogP contribution in [0.5, 0.6) is 0 Å². The summed E-state index contributed by atoms with van der Waals surface area (Å²) >= 11 is 0. The number of hydrogen-bond donors (Lipinski definition) is 2. The lowest BCUT2D eigenvalue weighted by molar-refractivity contribution is -0.119. The summed E-state index contributed by atoms with van der Waals surface area (Å²) in [6.45, 7) is 1.28. The second-order valence-electron chi connectivity index (χ2n) is 1.30. The van der Waals surface area contributed by atoms with E-state index in [2.05, 4.69) is 0 Å². The van der Waals surface area contributed by atoms with Crippen LogP contribution in [0.1, 0.15) is 13.3 Å². The van der Waals surface area contributed by atoms with E-state index >= 15 is 0 Å². The van der Waals surface area contributed by atoms with E-state index in [-0.39, 0.29) is 12.2 Å². The highest BCUT2D eigenvalue weighted by Gasteiger charge is 2.01. The molecule has 0 spiro atoms. The van der Waals surface area contributed by atoms with Crippen molar-refractivity contribution >= 4 is 5.78 Å². The van der Waals surface area contributed by atoms with E-state index in [1.54, 1.807) is 0 Å². The Balaban J connectivity index is 3.13. The third kappa shape index (κ3) is 5.59. The minimum absolute atomic E-state index is 0.250. The highest BCUT2D eigenvalue weighted by atomic mass is 16.5. The molecule has 0 aromatic rings. The number of Topliss-reactive ketones (excluding diaryl/α,β-unsaturated/α-hetero) is 1. The molecule has 0 saturated carbocycles. The molecule has 0 aromatic carbocycles. The molecule has 0 atom stereocenters. The molecule has 7 heavy (non-hydrogen) atoms. The summed E-state index contributed by atoms with van der Waals surface area (Å²) < 4.78 is 0. The van der Waals surface area contributed by atoms with Gasteiger partial charge in [-0.05, 0) is 6.92 Å². The molecule has 0 aliphatic carbocycles. The Kier molecular flexibility index (Phi) is 2.55. The van der Waals surface area contributed by atoms with Gasteiger partial charge < -0.3 is 10.2 Å². The zero-order valence-electron chi connectivity index (χ0n) is 4.01. The molecular formula is C4H7O3. The van der Waals surface area contributed by atoms with Crippen LogP contribution in [0.2, 0.25) is 0 Å². The minimum atomic E-state index is -0.812. The second kappa shape index (κ2) is 2.71. The molecule has 1 radical (unpaired) electrons. The van der Waals surface area contributed by atoms with Gasteiger partial charge in [0.1, 0.15) is 5.78 Å². The van der Waals surface area contributed by atoms with Crippen molar-refractivity contribution in [1.82, 2.24) is 0 Å². The zero-order chi connectivity index (χ0) is 5.86. The number of aliphatic hydroxyl groups is 2. The Hall–Kier alpha value is -0.410. The van der Waals surface area contributed by atoms with Gasteiger partial charge in [-0.1, -0.05) is 0 Å². The lowest BCUT2D eigenvalue weighted by Gasteiger charge is -1.92. The first-order valence-corrected chi connectivity index (χ1v) is 1.86. The Morgan fingerprint density at radius 2 is 2.00 bits per heavy atom. The number of carbonyl (C=O) groups excluding carboxylic acids is 1. The van der Waals surface area contributed by atoms with Crippen LogP contribution in [0.3, 0.4) is 0 Å². The number of carbonyl (C=O) groups is 1. The van der Waals surface area contributed by atoms with Crippen molar-refractivity contribution in [3.05, 3.63) is 6.29 Å². The third-order valence-corrected chi connectivity index (χ3v) is 0.407. The van der Waals surface area contributed by atoms with Gasteiger partial charge in [0.25, 0.3) is 0 Å². The van der Waals surface area contributed by atoms with Gasteiger partial charge in [-0.2, -0.15) is 0 Å². The fourth-order valence-electron chi connectivity index (χ4n) is 0.223. The lowest BCUT2D eigenvalue weighted by atomic mass is 10.3. The molecule has 0 amide bonds. The van der Waals surface area contributed by atoms with Crippen molar-refractivity contribution in [3.63, 3.8) is 0 Å². The quantitative estimate of drug-likeness (QED) is 0.524. The highest BCUT2D eigenvalue weighted by Crippen LogP contribution is 1.93. The number of ketones is 1. The monoisotopic (exact) mass is 103 g/mol. The highest BCUT2D eigenvalue weighted by molar-refractivity contribution is 5.76. The van der Waals surface area contributed by atoms with Crippen LogP contribution in [-0.2, 0) is 4.79 Å². The SMILES string of the molecule is CC(=O)C[C](O)O. The molecular weight excluding hydrogens is 96.0 g/mol. The molecule has 0 rings (SSSR count). The standard InChI is InChI=1S/C4H7O3/c1-3(5)2-4(6)7/h6-7H,2H2,1H3. The van der Waals surface area contributed by atoms with Crippen LogP contribution in [0.15, 0.2) is 0 Å². The number of aliphatic hydroxyl groups excluding tert-OH is 1. The van der Waals surface area contributed by atoms with E-state index in [9.17, 15) is 4.79 Å². The Labute approximate surface area is 41.6 Å². The first-order valence-electron chi connectivity index (χ1n) is 1.86. The average Bonchev–Trinajstić information content (AvgIpc) is 1.27. The molecule has 0 fully saturated rings. The van der Waals surface area contributed by atoms with Gasteiger partial charge in [0.05, 0.1) is 6.42 Å². The van der Waals surface area contributed by atoms with Gasteiger partial charge in [0, 0.05) is 0 Å². The molecule has 0 heterocycles. The molecule has 0 aromatic heterocycles. The Bertz CT molecular complexity index is 67.3. The summed E-state index contributed by atoms with van der Waals surface area (Å²) in [5.74, 6) is -0.250. The van der Waals surface area contributed by atoms with Gasteiger partial charge >= 0.3 is 0 Å². The second-order valence-corrected chi connectivity index (χ2v) is 1.30. The van der Waals surface area contributed by atoms with E-state index in [0.717, 1.165) is 0 Å². The number of hydrogen-bond acceptors (Lipinski definition) is 3. The van der Waals surface area contributed by atoms with Crippen LogP contribution < -0.4 is 0 Å². The van der Waals surface area contributed by atoms with Crippen molar-refractivity contribution in [2.75, 3.05) is 0 Å². The predicted octanol–water partition coefficient (Wildman–Crippen LogP) is 0.200. The van der Waals surface area contributed by atoms with Crippen LogP contribution in [0.25, 0.3) is 0 Å². The van der Waals surface area contributed by atoms with E-state index in [4.69, 9.17) is 10.2 Å². The molecule has 0 aliphatic rings. The third-order valence-electron chi connectivity index (χ3n) is 0.407. The maximum atomic E-state index is 9.91. The van der Waals surface area contributed by atoms with Crippen molar-refractivity contribution in [1.29, 1.82) is 0 Å². The van der Waals surface area contributed by atoms with E-state index in [1.165, 1.54) is 6.92 Å². The Morgan fingerprint density at radius 1 is 1.57 bits per heavy atom. The molecule has 3 heteroatoms. The van der Waals surface area contributed by atoms with Crippen molar-refractivity contribution in [3.8, 4) is 0 Å². The van der Waals surface area contributed by atoms with Crippen LogP contribution in [0, 0.1) is 6.29 Å². The summed E-state index contributed by atoms with van der Waals surface area (Å²) in [6.07, 6.45) is -1.06. The average molecular weight is 103 g/mol. The summed E-state index contributed by atoms with van der Waals surface area (Å²) in [5, 5.41) is 15.9. The maximum Gasteiger partial charge on any atom is 0.225 e. The zero-order valence-corrected chi connectivity index (χ0v) is 4.01. The van der Waals surface area contributed by atoms with Crippen molar-refractivity contribution < 1.29 is 15.0 Å². The topological polar surface area (TPSA) is 57.5 Å². The van der Waals surface area contributed by atoms with Crippen LogP contribution >= 0.6 is 0 Å². The van der Waals surface area contributed by atoms with Crippen LogP contribution in [-0.4, -0.2) is 16.0 Å². The summed E-state index contributed by atoms with van der Waals surface area (Å²) in [7, 11) is 0. The summed E-state index contributed by atoms with van der Waals surface area (Å²) in [6, 6.07) is 0. The maximum absolute atomic E-state index is 9.91. The molecule has 41 valence electrons. The van der Waals surface area contributed by atoms with E-state index in [0.29, 0.717) is 0 Å². The molecule has 2 N–H and O–H groups in total. The lowest BCUT2D eigenvalue weighted by Crippen LogP contribution is -1.99.